The van der Waals surface area contributed by atoms with Crippen LogP contribution in [0.4, 0.5) is 10.5 Å². The van der Waals surface area contributed by atoms with Crippen LogP contribution in [0.2, 0.25) is 13.1 Å². The van der Waals surface area contributed by atoms with E-state index in [1.165, 1.54) is 32.1 Å². The maximum atomic E-state index is 14.3. The number of hydrogen-bond donors (Lipinski definition) is 3. The van der Waals surface area contributed by atoms with Crippen LogP contribution in [0.3, 0.4) is 0 Å². The van der Waals surface area contributed by atoms with Gasteiger partial charge in [0.15, 0.2) is 26.9 Å². The Morgan fingerprint density at radius 3 is 1.67 bits per heavy atom. The van der Waals surface area contributed by atoms with Crippen LogP contribution in [-0.2, 0) is 92.8 Å². The standard InChI is InChI=1S/C75H85N3O17Si/c1-8-41-86-71(81)64(77-74(82)90-46-61-59-35-23-21-33-57(59)58-34-22-24-36-60(58)61)49(2)92-72-65(76-50(3)79)68(66(80)62(93-72)48-91-96(6,7)75(4,5)55-37-39-56(40-38-55)78(83)84)95-73-70(89-45-54-31-19-12-20-32-54)69(88-44-53-29-17-11-18-30-53)67(87-43-52-27-15-10-16-28-52)63(94-73)47-85-42-51-25-13-9-14-26-51/h8-40,49,61-70,72-73,80H,1,41-48H2,2-7H3,(H,76,79)(H,77,82)/t49-,62-,63-,64+,65-,66+,67+,68-,69+,70-,72+,73+/m1/s1. The highest BCUT2D eigenvalue weighted by atomic mass is 28.4. The Hall–Kier alpha value is -8.29. The predicted molar refractivity (Wildman–Crippen MR) is 360 cm³/mol. The van der Waals surface area contributed by atoms with Crippen LogP contribution in [0.1, 0.15) is 72.6 Å². The van der Waals surface area contributed by atoms with Crippen molar-refractivity contribution in [1.82, 2.24) is 10.6 Å². The number of alkyl carbamates (subject to hydrolysis) is 1. The molecule has 7 aromatic rings. The van der Waals surface area contributed by atoms with Crippen molar-refractivity contribution >= 4 is 32.0 Å². The number of rotatable bonds is 31. The summed E-state index contributed by atoms with van der Waals surface area (Å²) < 4.78 is 74.1. The molecule has 506 valence electrons. The van der Waals surface area contributed by atoms with Crippen LogP contribution in [0, 0.1) is 10.1 Å². The molecule has 7 aromatic carbocycles. The number of esters is 1. The van der Waals surface area contributed by atoms with E-state index in [4.69, 9.17) is 51.8 Å². The first-order chi connectivity index (χ1) is 46.4. The number of nitro groups is 1. The number of benzene rings is 7. The lowest BCUT2D eigenvalue weighted by Crippen LogP contribution is -2.69. The van der Waals surface area contributed by atoms with E-state index in [1.54, 1.807) is 12.1 Å². The second-order valence-corrected chi connectivity index (χ2v) is 29.7. The topological polar surface area (TPSA) is 240 Å². The van der Waals surface area contributed by atoms with E-state index in [0.29, 0.717) is 0 Å². The molecule has 20 nitrogen and oxygen atoms in total. The summed E-state index contributed by atoms with van der Waals surface area (Å²) in [5.41, 5.74) is 8.18. The molecule has 2 fully saturated rings. The number of aliphatic hydroxyl groups excluding tert-OH is 1. The Morgan fingerprint density at radius 1 is 0.635 bits per heavy atom. The molecule has 3 aliphatic rings. The van der Waals surface area contributed by atoms with Gasteiger partial charge in [-0.25, -0.2) is 9.59 Å². The zero-order valence-corrected chi connectivity index (χ0v) is 55.8. The molecule has 1 aliphatic carbocycles. The van der Waals surface area contributed by atoms with E-state index in [2.05, 4.69) is 17.2 Å². The number of nitrogens with one attached hydrogen (secondary N) is 2. The summed E-state index contributed by atoms with van der Waals surface area (Å²) in [6, 6.07) is 57.7. The molecule has 21 heteroatoms. The molecule has 0 unspecified atom stereocenters. The third-order valence-corrected chi connectivity index (χ3v) is 22.3. The van der Waals surface area contributed by atoms with Gasteiger partial charge >= 0.3 is 12.1 Å². The fourth-order valence-electron chi connectivity index (χ4n) is 12.2. The Morgan fingerprint density at radius 2 is 1.14 bits per heavy atom. The summed E-state index contributed by atoms with van der Waals surface area (Å²) in [6.45, 7) is 14.3. The maximum absolute atomic E-state index is 14.3. The van der Waals surface area contributed by atoms with Gasteiger partial charge in [0.05, 0.1) is 50.7 Å². The second kappa shape index (κ2) is 33.1. The Labute approximate surface area is 561 Å². The van der Waals surface area contributed by atoms with E-state index in [0.717, 1.165) is 50.1 Å². The molecule has 0 saturated carbocycles. The number of hydrogen-bond acceptors (Lipinski definition) is 17. The average Bonchev–Trinajstić information content (AvgIpc) is 1.37. The van der Waals surface area contributed by atoms with E-state index in [9.17, 15) is 29.6 Å². The van der Waals surface area contributed by atoms with Crippen molar-refractivity contribution in [1.29, 1.82) is 0 Å². The minimum absolute atomic E-state index is 0.0376. The highest BCUT2D eigenvalue weighted by molar-refractivity contribution is 6.74. The van der Waals surface area contributed by atoms with Crippen molar-refractivity contribution in [2.75, 3.05) is 26.4 Å². The molecule has 0 bridgehead atoms. The lowest BCUT2D eigenvalue weighted by molar-refractivity contribution is -0.384. The summed E-state index contributed by atoms with van der Waals surface area (Å²) in [5.74, 6) is -1.79. The first-order valence-electron chi connectivity index (χ1n) is 32.3. The summed E-state index contributed by atoms with van der Waals surface area (Å²) in [5, 5.41) is 29.8. The number of carbonyl (C=O) groups is 3. The number of non-ortho nitro benzene ring substituents is 1. The molecule has 2 aliphatic heterocycles. The van der Waals surface area contributed by atoms with Crippen LogP contribution in [-0.4, -0.2) is 136 Å². The molecule has 96 heavy (non-hydrogen) atoms. The summed E-state index contributed by atoms with van der Waals surface area (Å²) >= 11 is 0. The van der Waals surface area contributed by atoms with Crippen LogP contribution in [0.25, 0.3) is 11.1 Å². The normalized spacial score (nSPS) is 22.4. The molecule has 10 rings (SSSR count). The van der Waals surface area contributed by atoms with Gasteiger partial charge in [0.25, 0.3) is 5.69 Å². The molecular weight excluding hydrogens is 1240 g/mol. The molecular formula is C75H85N3O17Si. The average molecular weight is 1330 g/mol. The van der Waals surface area contributed by atoms with E-state index in [-0.39, 0.29) is 64.5 Å². The lowest BCUT2D eigenvalue weighted by Gasteiger charge is -2.50. The molecule has 12 atom stereocenters. The summed E-state index contributed by atoms with van der Waals surface area (Å²) in [4.78, 5) is 53.5. The number of fused-ring (bicyclic) bond motifs is 3. The van der Waals surface area contributed by atoms with Crippen LogP contribution in [0.15, 0.2) is 207 Å². The fourth-order valence-corrected chi connectivity index (χ4v) is 14.0. The van der Waals surface area contributed by atoms with Crippen molar-refractivity contribution in [2.24, 2.45) is 0 Å². The minimum atomic E-state index is -3.03. The molecule has 0 spiro atoms. The summed E-state index contributed by atoms with van der Waals surface area (Å²) in [7, 11) is -3.03. The van der Waals surface area contributed by atoms with Crippen molar-refractivity contribution in [2.45, 2.75) is 152 Å². The molecule has 0 aromatic heterocycles. The largest absolute Gasteiger partial charge is 0.460 e. The number of nitrogens with zero attached hydrogens (tertiary/aromatic N) is 1. The SMILES string of the molecule is C=CCOC(=O)[C@@H](NC(=O)OCC1c2ccccc2-c2ccccc21)[C@@H](C)O[C@H]1O[C@H](CO[Si](C)(C)C(C)(C)c2ccc([N+](=O)[O-])cc2)[C@H](O)[C@H](O[C@@H]2O[C@H](COCc3ccccc3)[C@H](OCc3ccccc3)[C@H](OCc3ccccc3)[C@H]2OCc2ccccc2)[C@H]1NC(C)=O. The van der Waals surface area contributed by atoms with Gasteiger partial charge in [-0.05, 0) is 70.1 Å². The minimum Gasteiger partial charge on any atom is -0.460 e. The fraction of sp³-hybridized carbons (Fsp3) is 0.373. The van der Waals surface area contributed by atoms with E-state index >= 15 is 0 Å². The van der Waals surface area contributed by atoms with Gasteiger partial charge in [-0.15, -0.1) is 0 Å². The number of nitro benzene ring substituents is 1. The van der Waals surface area contributed by atoms with Gasteiger partial charge in [0, 0.05) is 30.0 Å². The van der Waals surface area contributed by atoms with Gasteiger partial charge in [0.1, 0.15) is 62.0 Å². The van der Waals surface area contributed by atoms with Gasteiger partial charge < -0.3 is 67.5 Å². The molecule has 2 saturated heterocycles. The Balaban J connectivity index is 1.01. The van der Waals surface area contributed by atoms with Gasteiger partial charge in [0.2, 0.25) is 5.91 Å². The van der Waals surface area contributed by atoms with E-state index in [1.807, 2.05) is 197 Å². The number of carbonyl (C=O) groups excluding carboxylic acids is 3. The molecule has 3 N–H and O–H groups in total. The zero-order chi connectivity index (χ0) is 67.8. The Kier molecular flexibility index (Phi) is 24.3. The van der Waals surface area contributed by atoms with Crippen molar-refractivity contribution in [3.63, 3.8) is 0 Å². The predicted octanol–water partition coefficient (Wildman–Crippen LogP) is 11.3. The van der Waals surface area contributed by atoms with Crippen LogP contribution in [0.5, 0.6) is 0 Å². The van der Waals surface area contributed by atoms with Gasteiger partial charge in [-0.2, -0.15) is 0 Å². The molecule has 0 radical (unpaired) electrons. The molecule has 2 heterocycles. The number of aliphatic hydroxyl groups is 1. The maximum Gasteiger partial charge on any atom is 0.407 e. The zero-order valence-electron chi connectivity index (χ0n) is 54.8. The van der Waals surface area contributed by atoms with Gasteiger partial charge in [-0.1, -0.05) is 208 Å². The van der Waals surface area contributed by atoms with Crippen molar-refractivity contribution in [3.8, 4) is 11.1 Å². The first kappa shape index (κ1) is 70.5. The van der Waals surface area contributed by atoms with Crippen LogP contribution < -0.4 is 10.6 Å². The number of ether oxygens (including phenoxy) is 10. The lowest BCUT2D eigenvalue weighted by atomic mass is 9.94. The first-order valence-corrected chi connectivity index (χ1v) is 35.2. The monoisotopic (exact) mass is 1330 g/mol. The van der Waals surface area contributed by atoms with E-state index < -0.39 is 110 Å². The quantitative estimate of drug-likeness (QED) is 0.0120. The van der Waals surface area contributed by atoms with Gasteiger partial charge in [-0.3, -0.25) is 14.9 Å². The smallest absolute Gasteiger partial charge is 0.407 e. The second-order valence-electron chi connectivity index (χ2n) is 25.1. The highest BCUT2D eigenvalue weighted by Crippen LogP contribution is 2.45. The third kappa shape index (κ3) is 17.6. The van der Waals surface area contributed by atoms with Crippen molar-refractivity contribution < 1.29 is 76.2 Å². The third-order valence-electron chi connectivity index (χ3n) is 18.1. The Bertz CT molecular complexity index is 3620. The highest BCUT2D eigenvalue weighted by Gasteiger charge is 2.55. The van der Waals surface area contributed by atoms with Crippen molar-refractivity contribution in [3.05, 3.63) is 256 Å². The van der Waals surface area contributed by atoms with Crippen LogP contribution >= 0.6 is 0 Å². The molecule has 2 amide bonds. The summed E-state index contributed by atoms with van der Waals surface area (Å²) in [6.07, 6.45) is -12.4. The number of amides is 2.